The number of fused-ring (bicyclic) bond motifs is 6. The molecule has 0 radical (unpaired) electrons. The fraction of sp³-hybridized carbons (Fsp3) is 0.417. The predicted octanol–water partition coefficient (Wildman–Crippen LogP) is 4.70. The minimum absolute atomic E-state index is 0.00125. The molecule has 0 spiro atoms. The predicted molar refractivity (Wildman–Crippen MR) is 285 cm³/mol. The molecule has 3 heterocycles. The molecule has 4 aromatic rings. The molecule has 2 amide bonds. The molecule has 436 valence electrons. The van der Waals surface area contributed by atoms with Gasteiger partial charge in [0, 0.05) is 91.2 Å². The molecule has 7 rings (SSSR count). The molecule has 1 saturated heterocycles. The Bertz CT molecular complexity index is 4050. The summed E-state index contributed by atoms with van der Waals surface area (Å²) in [6.07, 6.45) is 4.23. The van der Waals surface area contributed by atoms with Crippen LogP contribution in [-0.2, 0) is 95.5 Å². The molecule has 80 heavy (non-hydrogen) atoms. The molecule has 1 fully saturated rings. The molecule has 2 unspecified atom stereocenters. The van der Waals surface area contributed by atoms with Crippen LogP contribution in [0.1, 0.15) is 89.2 Å². The van der Waals surface area contributed by atoms with Gasteiger partial charge in [0.25, 0.3) is 72.5 Å². The lowest BCUT2D eigenvalue weighted by atomic mass is 9.74. The van der Waals surface area contributed by atoms with Gasteiger partial charge in [0.2, 0.25) is 5.69 Å². The molecule has 6 N–H and O–H groups in total. The second kappa shape index (κ2) is 22.6. The first-order chi connectivity index (χ1) is 36.9. The largest absolute Gasteiger partial charge is 0.385 e. The van der Waals surface area contributed by atoms with Crippen LogP contribution in [0.3, 0.4) is 0 Å². The van der Waals surface area contributed by atoms with Gasteiger partial charge in [-0.25, -0.2) is 4.79 Å². The van der Waals surface area contributed by atoms with Gasteiger partial charge in [-0.2, -0.15) is 55.1 Å². The monoisotopic (exact) mass is 1230 g/mol. The van der Waals surface area contributed by atoms with Gasteiger partial charge in [-0.3, -0.25) is 36.9 Å². The number of imide groups is 1. The number of carbonyl (C=O) groups excluding carboxylic acids is 3. The summed E-state index contributed by atoms with van der Waals surface area (Å²) in [5.41, 5.74) is -1.36. The normalized spacial score (nSPS) is 19.8. The summed E-state index contributed by atoms with van der Waals surface area (Å²) in [5, 5.41) is -0.196. The first kappa shape index (κ1) is 62.0. The van der Waals surface area contributed by atoms with Crippen molar-refractivity contribution >= 4 is 117 Å². The summed E-state index contributed by atoms with van der Waals surface area (Å²) in [5.74, 6) is -3.79. The van der Waals surface area contributed by atoms with Crippen LogP contribution >= 0.6 is 0 Å². The minimum Gasteiger partial charge on any atom is -0.385 e. The summed E-state index contributed by atoms with van der Waals surface area (Å²) in [4.78, 5) is 39.9. The van der Waals surface area contributed by atoms with E-state index in [4.69, 9.17) is 9.57 Å². The number of amides is 2. The molecule has 0 saturated carbocycles. The topological polar surface area (TPSA) is 405 Å². The quantitative estimate of drug-likeness (QED) is 0.0239. The highest BCUT2D eigenvalue weighted by Crippen LogP contribution is 2.54. The fourth-order valence-corrected chi connectivity index (χ4v) is 14.5. The number of benzene rings is 4. The van der Waals surface area contributed by atoms with Crippen molar-refractivity contribution in [1.82, 2.24) is 5.06 Å². The molecule has 4 aromatic carbocycles. The zero-order valence-electron chi connectivity index (χ0n) is 42.9. The van der Waals surface area contributed by atoms with E-state index in [-0.39, 0.29) is 110 Å². The standard InChI is InChI=1S/C48H55N3O23S6/c1-47(19-8-24-75(55,56)57)40(50(22-9-25-76(58,59)60)36-15-13-32-34(45(36)47)26-30(77(61,62)63)28-38(32)79(67,68)69)10-7-11-41-48(2,20-23-73-3)46-35-27-31(78(64,65)66)29-39(80(70,71)72)33(35)14-16-37(46)49(41)21-6-4-5-12-44(54)74-51-42(52)17-18-43(51)53/h7,10-11,13-16,26-29H,4-6,8-9,12,17-25H2,1-3H3,(H5-,55,56,57,58,59,60,61,62,63,64,65,66,67,68,69,70,71,72)/p+1. The minimum atomic E-state index is -5.25. The van der Waals surface area contributed by atoms with Crippen molar-refractivity contribution in [3.63, 3.8) is 0 Å². The third kappa shape index (κ3) is 13.2. The number of hydrogen-bond acceptors (Lipinski definition) is 18. The highest BCUT2D eigenvalue weighted by atomic mass is 32.2. The van der Waals surface area contributed by atoms with Crippen LogP contribution in [0.5, 0.6) is 0 Å². The highest BCUT2D eigenvalue weighted by Gasteiger charge is 2.50. The van der Waals surface area contributed by atoms with E-state index in [1.165, 1.54) is 43.5 Å². The Morgan fingerprint density at radius 3 is 1.70 bits per heavy atom. The second-order valence-electron chi connectivity index (χ2n) is 19.7. The van der Waals surface area contributed by atoms with E-state index in [1.807, 2.05) is 0 Å². The van der Waals surface area contributed by atoms with Crippen molar-refractivity contribution in [3.8, 4) is 0 Å². The molecule has 3 aliphatic rings. The lowest BCUT2D eigenvalue weighted by Crippen LogP contribution is -2.33. The summed E-state index contributed by atoms with van der Waals surface area (Å²) < 4.78 is 219. The molecule has 0 aromatic heterocycles. The maximum atomic E-state index is 12.9. The third-order valence-corrected chi connectivity index (χ3v) is 19.3. The van der Waals surface area contributed by atoms with Gasteiger partial charge in [0.15, 0.2) is 5.71 Å². The third-order valence-electron chi connectivity index (χ3n) is 14.3. The maximum Gasteiger partial charge on any atom is 0.333 e. The molecule has 3 aliphatic heterocycles. The molecule has 0 bridgehead atoms. The van der Waals surface area contributed by atoms with Crippen LogP contribution in [0.15, 0.2) is 92.0 Å². The number of unbranched alkanes of at least 4 members (excludes halogenated alkanes) is 2. The highest BCUT2D eigenvalue weighted by molar-refractivity contribution is 7.87. The lowest BCUT2D eigenvalue weighted by Gasteiger charge is -2.31. The summed E-state index contributed by atoms with van der Waals surface area (Å²) in [7, 11) is -28.7. The Balaban J connectivity index is 1.45. The first-order valence-corrected chi connectivity index (χ1v) is 33.3. The first-order valence-electron chi connectivity index (χ1n) is 24.3. The van der Waals surface area contributed by atoms with Gasteiger partial charge >= 0.3 is 5.97 Å². The van der Waals surface area contributed by atoms with Crippen molar-refractivity contribution in [1.29, 1.82) is 0 Å². The molecular weight excluding hydrogens is 1180 g/mol. The maximum absolute atomic E-state index is 12.9. The average Bonchev–Trinajstić information content (AvgIpc) is 3.44. The number of carbonyl (C=O) groups is 3. The van der Waals surface area contributed by atoms with Crippen LogP contribution in [0, 0.1) is 0 Å². The molecule has 32 heteroatoms. The molecule has 0 aliphatic carbocycles. The number of hydrogen-bond donors (Lipinski definition) is 6. The summed E-state index contributed by atoms with van der Waals surface area (Å²) in [6.45, 7) is 3.14. The smallest absolute Gasteiger partial charge is 0.333 e. The Morgan fingerprint density at radius 1 is 0.637 bits per heavy atom. The van der Waals surface area contributed by atoms with Gasteiger partial charge in [0.1, 0.15) is 16.3 Å². The van der Waals surface area contributed by atoms with Crippen LogP contribution in [0.2, 0.25) is 0 Å². The van der Waals surface area contributed by atoms with Crippen LogP contribution in [0.25, 0.3) is 21.5 Å². The van der Waals surface area contributed by atoms with Crippen LogP contribution in [-0.4, -0.2) is 149 Å². The number of anilines is 1. The van der Waals surface area contributed by atoms with E-state index in [2.05, 4.69) is 0 Å². The Kier molecular flexibility index (Phi) is 17.5. The number of ether oxygens (including phenoxy) is 1. The Morgan fingerprint density at radius 2 is 1.18 bits per heavy atom. The van der Waals surface area contributed by atoms with E-state index in [0.29, 0.717) is 47.0 Å². The number of hydroxylamine groups is 2. The van der Waals surface area contributed by atoms with E-state index >= 15 is 0 Å². The SMILES string of the molecule is COCCC1(C)/C(=C\C=C\C2=[N+](CCCS(=O)(=O)O)c3ccc4c(S(=O)(=O)O)cc(S(=O)(=O)O)cc4c3C2(C)CCCS(=O)(=O)O)N(CCCCCC(=O)ON2C(=O)CCC2=O)c2ccc3c(S(=O)(=O)O)cc(S(=O)(=O)O)cc3c21. The summed E-state index contributed by atoms with van der Waals surface area (Å²) >= 11 is 0. The van der Waals surface area contributed by atoms with Gasteiger partial charge < -0.3 is 14.5 Å². The van der Waals surface area contributed by atoms with Crippen molar-refractivity contribution < 1.29 is 106 Å². The number of nitrogens with zero attached hydrogens (tertiary/aromatic N) is 3. The van der Waals surface area contributed by atoms with Crippen molar-refractivity contribution in [2.45, 2.75) is 108 Å². The van der Waals surface area contributed by atoms with Gasteiger partial charge in [-0.1, -0.05) is 18.6 Å². The molecule has 2 atom stereocenters. The van der Waals surface area contributed by atoms with E-state index < -0.39 is 120 Å². The lowest BCUT2D eigenvalue weighted by molar-refractivity contribution is -0.437. The summed E-state index contributed by atoms with van der Waals surface area (Å²) in [6, 6.07) is 8.54. The Labute approximate surface area is 461 Å². The molecular formula is C48H56N3O23S6+. The second-order valence-corrected chi connectivity index (χ2v) is 28.5. The zero-order chi connectivity index (χ0) is 59.3. The van der Waals surface area contributed by atoms with Crippen LogP contribution in [0.4, 0.5) is 11.4 Å². The number of allylic oxidation sites excluding steroid dienone is 4. The van der Waals surface area contributed by atoms with Gasteiger partial charge in [0.05, 0.1) is 26.7 Å². The van der Waals surface area contributed by atoms with Crippen LogP contribution < -0.4 is 4.90 Å². The van der Waals surface area contributed by atoms with Crippen molar-refractivity contribution in [2.24, 2.45) is 0 Å². The van der Waals surface area contributed by atoms with Crippen molar-refractivity contribution in [3.05, 3.63) is 83.6 Å². The van der Waals surface area contributed by atoms with E-state index in [0.717, 1.165) is 12.1 Å². The van der Waals surface area contributed by atoms with E-state index in [1.54, 1.807) is 29.4 Å². The average molecular weight is 1240 g/mol. The van der Waals surface area contributed by atoms with Gasteiger partial charge in [-0.15, -0.1) is 5.06 Å². The number of methoxy groups -OCH3 is 1. The molecule has 26 nitrogen and oxygen atoms in total. The zero-order valence-corrected chi connectivity index (χ0v) is 47.8. The Hall–Kier alpha value is -5.62. The van der Waals surface area contributed by atoms with E-state index in [9.17, 15) is 92.2 Å². The number of rotatable bonds is 24. The van der Waals surface area contributed by atoms with Gasteiger partial charge in [-0.05, 0) is 105 Å². The fourth-order valence-electron chi connectivity index (χ4n) is 10.8. The van der Waals surface area contributed by atoms with Crippen molar-refractivity contribution in [2.75, 3.05) is 43.2 Å².